The molecule has 0 radical (unpaired) electrons. The van der Waals surface area contributed by atoms with Crippen LogP contribution in [0.4, 0.5) is 16.0 Å². The first-order valence-corrected chi connectivity index (χ1v) is 12.3. The minimum atomic E-state index is -0.529. The van der Waals surface area contributed by atoms with Crippen molar-refractivity contribution in [2.75, 3.05) is 70.2 Å². The van der Waals surface area contributed by atoms with Gasteiger partial charge in [0.1, 0.15) is 5.58 Å². The fourth-order valence-electron chi connectivity index (χ4n) is 4.04. The lowest BCUT2D eigenvalue weighted by atomic mass is 10.0. The first-order valence-electron chi connectivity index (χ1n) is 11.9. The topological polar surface area (TPSA) is 87.1 Å². The van der Waals surface area contributed by atoms with Crippen molar-refractivity contribution in [3.05, 3.63) is 68.6 Å². The number of carbonyl (C=O) groups is 1. The van der Waals surface area contributed by atoms with Crippen molar-refractivity contribution in [3.8, 4) is 0 Å². The van der Waals surface area contributed by atoms with E-state index in [2.05, 4.69) is 10.6 Å². The number of nitrogens with zero attached hydrogens (tertiary/aromatic N) is 2. The summed E-state index contributed by atoms with van der Waals surface area (Å²) in [7, 11) is 3.85. The molecule has 1 aliphatic heterocycles. The second-order valence-corrected chi connectivity index (χ2v) is 9.30. The van der Waals surface area contributed by atoms with Crippen LogP contribution in [-0.2, 0) is 11.2 Å². The van der Waals surface area contributed by atoms with Gasteiger partial charge in [0, 0.05) is 44.4 Å². The van der Waals surface area contributed by atoms with Crippen LogP contribution in [0.3, 0.4) is 0 Å². The fourth-order valence-corrected chi connectivity index (χ4v) is 4.21. The van der Waals surface area contributed by atoms with Crippen LogP contribution in [0, 0.1) is 5.82 Å². The van der Waals surface area contributed by atoms with Crippen LogP contribution in [0.1, 0.15) is 15.9 Å². The SMILES string of the molecule is CN(C)CCNC(=O)c1cc(CCNc2cccc(Cl)c2F)c2oc(N3CCOCC3)cc(=O)c2c1. The van der Waals surface area contributed by atoms with Gasteiger partial charge in [-0.3, -0.25) is 9.59 Å². The Morgan fingerprint density at radius 1 is 1.17 bits per heavy atom. The third-order valence-electron chi connectivity index (χ3n) is 5.98. The number of nitrogens with one attached hydrogen (secondary N) is 2. The maximum Gasteiger partial charge on any atom is 0.251 e. The van der Waals surface area contributed by atoms with E-state index in [0.29, 0.717) is 80.3 Å². The van der Waals surface area contributed by atoms with Gasteiger partial charge in [0.2, 0.25) is 0 Å². The average Bonchev–Trinajstić information content (AvgIpc) is 2.87. The van der Waals surface area contributed by atoms with Crippen molar-refractivity contribution >= 4 is 40.0 Å². The highest BCUT2D eigenvalue weighted by molar-refractivity contribution is 6.31. The number of benzene rings is 2. The van der Waals surface area contributed by atoms with E-state index in [4.69, 9.17) is 20.8 Å². The molecule has 0 spiro atoms. The molecular weight excluding hydrogens is 487 g/mol. The molecule has 3 aromatic rings. The molecule has 0 unspecified atom stereocenters. The highest BCUT2D eigenvalue weighted by atomic mass is 35.5. The van der Waals surface area contributed by atoms with E-state index < -0.39 is 5.82 Å². The number of anilines is 2. The van der Waals surface area contributed by atoms with Gasteiger partial charge >= 0.3 is 0 Å². The van der Waals surface area contributed by atoms with Gasteiger partial charge in [-0.25, -0.2) is 4.39 Å². The van der Waals surface area contributed by atoms with Gasteiger partial charge in [-0.2, -0.15) is 0 Å². The molecule has 2 heterocycles. The molecule has 36 heavy (non-hydrogen) atoms. The Morgan fingerprint density at radius 2 is 1.94 bits per heavy atom. The molecule has 0 aliphatic carbocycles. The fraction of sp³-hybridized carbons (Fsp3) is 0.385. The number of hydrogen-bond donors (Lipinski definition) is 2. The summed E-state index contributed by atoms with van der Waals surface area (Å²) in [4.78, 5) is 29.9. The number of ether oxygens (including phenoxy) is 1. The van der Waals surface area contributed by atoms with Gasteiger partial charge in [0.15, 0.2) is 17.1 Å². The summed E-state index contributed by atoms with van der Waals surface area (Å²) in [6.45, 7) is 3.83. The molecule has 2 aromatic carbocycles. The molecule has 0 saturated carbocycles. The molecule has 192 valence electrons. The van der Waals surface area contributed by atoms with Crippen LogP contribution in [0.15, 0.2) is 45.6 Å². The largest absolute Gasteiger partial charge is 0.440 e. The van der Waals surface area contributed by atoms with E-state index in [-0.39, 0.29) is 22.0 Å². The summed E-state index contributed by atoms with van der Waals surface area (Å²) in [5.41, 5.74) is 1.52. The van der Waals surface area contributed by atoms with Gasteiger partial charge in [0.05, 0.1) is 29.3 Å². The lowest BCUT2D eigenvalue weighted by Crippen LogP contribution is -2.36. The molecule has 1 saturated heterocycles. The van der Waals surface area contributed by atoms with Crippen LogP contribution in [0.5, 0.6) is 0 Å². The van der Waals surface area contributed by atoms with Crippen molar-refractivity contribution in [1.82, 2.24) is 10.2 Å². The average molecular weight is 517 g/mol. The number of morpholine rings is 1. The molecule has 1 aromatic heterocycles. The highest BCUT2D eigenvalue weighted by Crippen LogP contribution is 2.26. The molecule has 8 nitrogen and oxygen atoms in total. The highest BCUT2D eigenvalue weighted by Gasteiger charge is 2.19. The maximum atomic E-state index is 14.3. The Labute approximate surface area is 214 Å². The van der Waals surface area contributed by atoms with Gasteiger partial charge in [-0.1, -0.05) is 17.7 Å². The minimum Gasteiger partial charge on any atom is -0.440 e. The monoisotopic (exact) mass is 516 g/mol. The molecule has 1 amide bonds. The Balaban J connectivity index is 1.66. The second-order valence-electron chi connectivity index (χ2n) is 8.90. The lowest BCUT2D eigenvalue weighted by molar-refractivity contribution is 0.0951. The quantitative estimate of drug-likeness (QED) is 0.451. The predicted octanol–water partition coefficient (Wildman–Crippen LogP) is 3.37. The first kappa shape index (κ1) is 25.9. The summed E-state index contributed by atoms with van der Waals surface area (Å²) >= 11 is 5.89. The first-order chi connectivity index (χ1) is 17.3. The summed E-state index contributed by atoms with van der Waals surface area (Å²) in [5.74, 6) is -0.334. The number of likely N-dealkylation sites (N-methyl/N-ethyl adjacent to an activating group) is 1. The van der Waals surface area contributed by atoms with Crippen LogP contribution in [0.25, 0.3) is 11.0 Å². The molecule has 4 rings (SSSR count). The predicted molar refractivity (Wildman–Crippen MR) is 140 cm³/mol. The Hall–Kier alpha value is -3.14. The molecule has 1 fully saturated rings. The second kappa shape index (κ2) is 11.7. The minimum absolute atomic E-state index is 0.0305. The van der Waals surface area contributed by atoms with Gasteiger partial charge in [-0.15, -0.1) is 0 Å². The maximum absolute atomic E-state index is 14.3. The molecule has 0 atom stereocenters. The summed E-state index contributed by atoms with van der Waals surface area (Å²) < 4.78 is 25.9. The normalized spacial score (nSPS) is 13.9. The van der Waals surface area contributed by atoms with E-state index in [1.54, 1.807) is 24.3 Å². The molecule has 1 aliphatic rings. The van der Waals surface area contributed by atoms with Crippen molar-refractivity contribution in [1.29, 1.82) is 0 Å². The number of halogens is 2. The summed E-state index contributed by atoms with van der Waals surface area (Å²) in [5, 5.41) is 6.29. The van der Waals surface area contributed by atoms with Gasteiger partial charge < -0.3 is 29.6 Å². The Morgan fingerprint density at radius 3 is 2.69 bits per heavy atom. The van der Waals surface area contributed by atoms with E-state index in [1.807, 2.05) is 23.9 Å². The zero-order valence-corrected chi connectivity index (χ0v) is 21.2. The number of rotatable bonds is 9. The zero-order chi connectivity index (χ0) is 25.7. The number of amides is 1. The molecule has 2 N–H and O–H groups in total. The van der Waals surface area contributed by atoms with E-state index >= 15 is 0 Å². The van der Waals surface area contributed by atoms with E-state index in [9.17, 15) is 14.0 Å². The number of hydrogen-bond acceptors (Lipinski definition) is 7. The lowest BCUT2D eigenvalue weighted by Gasteiger charge is -2.27. The van der Waals surface area contributed by atoms with Gasteiger partial charge in [0.25, 0.3) is 5.91 Å². The third kappa shape index (κ3) is 6.16. The van der Waals surface area contributed by atoms with Crippen molar-refractivity contribution in [2.24, 2.45) is 0 Å². The molecular formula is C26H30ClFN4O4. The zero-order valence-electron chi connectivity index (χ0n) is 20.4. The van der Waals surface area contributed by atoms with Crippen LogP contribution < -0.4 is 21.0 Å². The smallest absolute Gasteiger partial charge is 0.251 e. The van der Waals surface area contributed by atoms with Crippen molar-refractivity contribution in [2.45, 2.75) is 6.42 Å². The molecule has 0 bridgehead atoms. The van der Waals surface area contributed by atoms with Crippen LogP contribution >= 0.6 is 11.6 Å². The third-order valence-corrected chi connectivity index (χ3v) is 6.28. The summed E-state index contributed by atoms with van der Waals surface area (Å²) in [6.07, 6.45) is 0.386. The Bertz CT molecular complexity index is 1290. The number of fused-ring (bicyclic) bond motifs is 1. The number of carbonyl (C=O) groups excluding carboxylic acids is 1. The van der Waals surface area contributed by atoms with Crippen LogP contribution in [0.2, 0.25) is 5.02 Å². The molecule has 10 heteroatoms. The van der Waals surface area contributed by atoms with Gasteiger partial charge in [-0.05, 0) is 50.3 Å². The van der Waals surface area contributed by atoms with Crippen molar-refractivity contribution in [3.63, 3.8) is 0 Å². The van der Waals surface area contributed by atoms with Crippen LogP contribution in [-0.4, -0.2) is 70.8 Å². The summed E-state index contributed by atoms with van der Waals surface area (Å²) in [6, 6.07) is 9.51. The van der Waals surface area contributed by atoms with E-state index in [1.165, 1.54) is 12.1 Å². The van der Waals surface area contributed by atoms with Crippen molar-refractivity contribution < 1.29 is 18.3 Å². The van der Waals surface area contributed by atoms with E-state index in [0.717, 1.165) is 0 Å². The standard InChI is InChI=1S/C26H30ClFN4O4/c1-31(2)9-8-30-26(34)18-14-17(6-7-29-21-5-3-4-20(27)24(21)28)25-19(15-18)22(33)16-23(36-25)32-10-12-35-13-11-32/h3-5,14-16,29H,6-13H2,1-2H3,(H,30,34). The Kier molecular flexibility index (Phi) is 8.45.